The molecular formula is C19H23F3N4O2. The van der Waals surface area contributed by atoms with Crippen LogP contribution in [-0.4, -0.2) is 47.5 Å². The lowest BCUT2D eigenvalue weighted by molar-refractivity contribution is -0.155. The number of amides is 3. The molecule has 1 aromatic rings. The number of carbonyl (C=O) groups excluding carboxylic acids is 2. The standard InChI is InChI=1S/C19H23F3N4O2/c20-19(21,22)15-3-1-12(8-23-15)5-13-6-18(7-13)10-26(11-18)16(27)4-2-14-9-24-17(28)25-14/h1,3,8,13-14H,2,4-7,9-11H2,(H2,24,25,28). The summed E-state index contributed by atoms with van der Waals surface area (Å²) in [6, 6.07) is 2.39. The van der Waals surface area contributed by atoms with Crippen molar-refractivity contribution in [1.29, 1.82) is 0 Å². The Hall–Kier alpha value is -2.32. The molecule has 1 spiro atoms. The zero-order valence-corrected chi connectivity index (χ0v) is 15.4. The van der Waals surface area contributed by atoms with Gasteiger partial charge in [0.15, 0.2) is 0 Å². The summed E-state index contributed by atoms with van der Waals surface area (Å²) in [5.74, 6) is 0.567. The third-order valence-electron chi connectivity index (χ3n) is 6.04. The lowest BCUT2D eigenvalue weighted by Gasteiger charge is -2.59. The molecule has 152 valence electrons. The van der Waals surface area contributed by atoms with E-state index in [1.54, 1.807) is 0 Å². The SMILES string of the molecule is O=C1NCC(CCC(=O)N2CC3(CC(Cc4ccc(C(F)(F)F)nc4)C3)C2)N1. The fourth-order valence-corrected chi connectivity index (χ4v) is 4.69. The number of halogens is 3. The van der Waals surface area contributed by atoms with Gasteiger partial charge in [-0.25, -0.2) is 4.79 Å². The van der Waals surface area contributed by atoms with Gasteiger partial charge in [-0.15, -0.1) is 0 Å². The number of nitrogens with zero attached hydrogens (tertiary/aromatic N) is 2. The van der Waals surface area contributed by atoms with Gasteiger partial charge in [-0.05, 0) is 43.2 Å². The highest BCUT2D eigenvalue weighted by atomic mass is 19.4. The number of pyridine rings is 1. The maximum Gasteiger partial charge on any atom is 0.433 e. The molecule has 2 aliphatic heterocycles. The van der Waals surface area contributed by atoms with Crippen molar-refractivity contribution < 1.29 is 22.8 Å². The molecule has 2 N–H and O–H groups in total. The first-order valence-corrected chi connectivity index (χ1v) is 9.57. The van der Waals surface area contributed by atoms with Crippen molar-refractivity contribution in [2.24, 2.45) is 11.3 Å². The van der Waals surface area contributed by atoms with Gasteiger partial charge in [0, 0.05) is 43.7 Å². The molecule has 3 heterocycles. The summed E-state index contributed by atoms with van der Waals surface area (Å²) >= 11 is 0. The molecule has 0 radical (unpaired) electrons. The van der Waals surface area contributed by atoms with Crippen LogP contribution in [0.3, 0.4) is 0 Å². The van der Waals surface area contributed by atoms with Crippen LogP contribution in [0.1, 0.15) is 36.9 Å². The van der Waals surface area contributed by atoms with Crippen molar-refractivity contribution in [3.8, 4) is 0 Å². The van der Waals surface area contributed by atoms with Gasteiger partial charge in [-0.3, -0.25) is 9.78 Å². The molecular weight excluding hydrogens is 373 g/mol. The van der Waals surface area contributed by atoms with Gasteiger partial charge in [0.2, 0.25) is 5.91 Å². The number of hydrogen-bond acceptors (Lipinski definition) is 3. The third kappa shape index (κ3) is 3.93. The second-order valence-corrected chi connectivity index (χ2v) is 8.37. The van der Waals surface area contributed by atoms with Crippen molar-refractivity contribution >= 4 is 11.9 Å². The molecule has 0 aromatic carbocycles. The highest BCUT2D eigenvalue weighted by molar-refractivity contribution is 5.78. The highest BCUT2D eigenvalue weighted by Gasteiger charge is 2.53. The van der Waals surface area contributed by atoms with E-state index in [4.69, 9.17) is 0 Å². The first-order valence-electron chi connectivity index (χ1n) is 9.57. The van der Waals surface area contributed by atoms with E-state index in [0.29, 0.717) is 25.3 Å². The van der Waals surface area contributed by atoms with E-state index in [2.05, 4.69) is 15.6 Å². The summed E-state index contributed by atoms with van der Waals surface area (Å²) in [5, 5.41) is 5.46. The van der Waals surface area contributed by atoms with E-state index >= 15 is 0 Å². The Morgan fingerprint density at radius 1 is 1.29 bits per heavy atom. The van der Waals surface area contributed by atoms with Gasteiger partial charge in [-0.1, -0.05) is 6.07 Å². The fraction of sp³-hybridized carbons (Fsp3) is 0.632. The Kier molecular flexibility index (Phi) is 4.71. The first-order chi connectivity index (χ1) is 13.2. The second-order valence-electron chi connectivity index (χ2n) is 8.37. The van der Waals surface area contributed by atoms with E-state index in [-0.39, 0.29) is 23.4 Å². The largest absolute Gasteiger partial charge is 0.433 e. The number of rotatable bonds is 5. The number of hydrogen-bond donors (Lipinski definition) is 2. The Morgan fingerprint density at radius 2 is 2.04 bits per heavy atom. The minimum Gasteiger partial charge on any atom is -0.341 e. The van der Waals surface area contributed by atoms with Crippen LogP contribution in [0.4, 0.5) is 18.0 Å². The molecule has 3 fully saturated rings. The summed E-state index contributed by atoms with van der Waals surface area (Å²) < 4.78 is 37.7. The van der Waals surface area contributed by atoms with Gasteiger partial charge in [0.25, 0.3) is 0 Å². The predicted octanol–water partition coefficient (Wildman–Crippen LogP) is 2.34. The second kappa shape index (κ2) is 6.93. The normalized spacial score (nSPS) is 23.8. The van der Waals surface area contributed by atoms with Gasteiger partial charge in [-0.2, -0.15) is 13.2 Å². The summed E-state index contributed by atoms with van der Waals surface area (Å²) in [7, 11) is 0. The van der Waals surface area contributed by atoms with E-state index < -0.39 is 11.9 Å². The highest BCUT2D eigenvalue weighted by Crippen LogP contribution is 2.53. The minimum absolute atomic E-state index is 0.0251. The molecule has 0 bridgehead atoms. The molecule has 28 heavy (non-hydrogen) atoms. The monoisotopic (exact) mass is 396 g/mol. The van der Waals surface area contributed by atoms with Crippen LogP contribution in [-0.2, 0) is 17.4 Å². The molecule has 1 saturated carbocycles. The molecule has 1 aliphatic carbocycles. The van der Waals surface area contributed by atoms with Crippen LogP contribution in [0.15, 0.2) is 18.3 Å². The molecule has 2 saturated heterocycles. The smallest absolute Gasteiger partial charge is 0.341 e. The van der Waals surface area contributed by atoms with Crippen molar-refractivity contribution in [2.75, 3.05) is 19.6 Å². The fourth-order valence-electron chi connectivity index (χ4n) is 4.69. The van der Waals surface area contributed by atoms with E-state index in [1.165, 1.54) is 12.3 Å². The van der Waals surface area contributed by atoms with Crippen LogP contribution in [0.2, 0.25) is 0 Å². The number of urea groups is 1. The van der Waals surface area contributed by atoms with Gasteiger partial charge in [0.05, 0.1) is 0 Å². The lowest BCUT2D eigenvalue weighted by Crippen LogP contribution is -2.64. The van der Waals surface area contributed by atoms with Crippen molar-refractivity contribution in [2.45, 2.75) is 44.3 Å². The first kappa shape index (κ1) is 19.0. The maximum atomic E-state index is 12.6. The van der Waals surface area contributed by atoms with Crippen LogP contribution < -0.4 is 10.6 Å². The third-order valence-corrected chi connectivity index (χ3v) is 6.04. The van der Waals surface area contributed by atoms with Crippen LogP contribution in [0.5, 0.6) is 0 Å². The van der Waals surface area contributed by atoms with Gasteiger partial charge >= 0.3 is 12.2 Å². The Morgan fingerprint density at radius 3 is 2.61 bits per heavy atom. The van der Waals surface area contributed by atoms with E-state index in [0.717, 1.165) is 44.0 Å². The Labute approximate surface area is 160 Å². The van der Waals surface area contributed by atoms with Crippen molar-refractivity contribution in [3.63, 3.8) is 0 Å². The zero-order valence-electron chi connectivity index (χ0n) is 15.4. The van der Waals surface area contributed by atoms with Crippen LogP contribution in [0, 0.1) is 11.3 Å². The number of likely N-dealkylation sites (tertiary alicyclic amines) is 1. The molecule has 6 nitrogen and oxygen atoms in total. The zero-order chi connectivity index (χ0) is 19.9. The quantitative estimate of drug-likeness (QED) is 0.802. The summed E-state index contributed by atoms with van der Waals surface area (Å²) in [6.07, 6.45) is 0.728. The molecule has 3 aliphatic rings. The van der Waals surface area contributed by atoms with Crippen LogP contribution in [0.25, 0.3) is 0 Å². The van der Waals surface area contributed by atoms with Crippen molar-refractivity contribution in [3.05, 3.63) is 29.6 Å². The summed E-state index contributed by atoms with van der Waals surface area (Å²) in [5.41, 5.74) is 0.165. The average Bonchev–Trinajstić information content (AvgIpc) is 2.98. The molecule has 1 unspecified atom stereocenters. The predicted molar refractivity (Wildman–Crippen MR) is 94.2 cm³/mol. The van der Waals surface area contributed by atoms with Crippen molar-refractivity contribution in [1.82, 2.24) is 20.5 Å². The number of aromatic nitrogens is 1. The number of nitrogens with one attached hydrogen (secondary N) is 2. The van der Waals surface area contributed by atoms with Gasteiger partial charge < -0.3 is 15.5 Å². The summed E-state index contributed by atoms with van der Waals surface area (Å²) in [4.78, 5) is 28.7. The van der Waals surface area contributed by atoms with E-state index in [1.807, 2.05) is 4.90 Å². The van der Waals surface area contributed by atoms with Crippen LogP contribution >= 0.6 is 0 Å². The summed E-state index contributed by atoms with van der Waals surface area (Å²) in [6.45, 7) is 2.10. The molecule has 4 rings (SSSR count). The lowest BCUT2D eigenvalue weighted by atomic mass is 9.56. The minimum atomic E-state index is -4.40. The van der Waals surface area contributed by atoms with E-state index in [9.17, 15) is 22.8 Å². The topological polar surface area (TPSA) is 74.3 Å². The number of carbonyl (C=O) groups is 2. The maximum absolute atomic E-state index is 12.6. The average molecular weight is 396 g/mol. The molecule has 9 heteroatoms. The Bertz CT molecular complexity index is 751. The number of alkyl halides is 3. The molecule has 1 aromatic heterocycles. The van der Waals surface area contributed by atoms with Gasteiger partial charge in [0.1, 0.15) is 5.69 Å². The molecule has 1 atom stereocenters. The molecule has 3 amide bonds. The Balaban J connectivity index is 1.17.